The van der Waals surface area contributed by atoms with Gasteiger partial charge < -0.3 is 15.5 Å². The van der Waals surface area contributed by atoms with Crippen molar-refractivity contribution in [3.63, 3.8) is 0 Å². The zero-order chi connectivity index (χ0) is 25.8. The molecule has 3 aromatic rings. The van der Waals surface area contributed by atoms with Crippen molar-refractivity contribution >= 4 is 38.6 Å². The summed E-state index contributed by atoms with van der Waals surface area (Å²) in [6.07, 6.45) is 1.95. The van der Waals surface area contributed by atoms with Crippen LogP contribution in [0.4, 0.5) is 10.5 Å². The Bertz CT molecular complexity index is 1350. The van der Waals surface area contributed by atoms with Crippen LogP contribution in [0.15, 0.2) is 60.7 Å². The third-order valence-corrected chi connectivity index (χ3v) is 7.11. The molecular formula is C26H31N5O4S. The number of pyridine rings is 1. The van der Waals surface area contributed by atoms with Crippen LogP contribution in [-0.4, -0.2) is 62.7 Å². The summed E-state index contributed by atoms with van der Waals surface area (Å²) in [7, 11) is -3.67. The molecule has 4 rings (SSSR count). The van der Waals surface area contributed by atoms with E-state index >= 15 is 0 Å². The molecule has 0 unspecified atom stereocenters. The lowest BCUT2D eigenvalue weighted by Gasteiger charge is -2.40. The molecule has 3 N–H and O–H groups in total. The predicted molar refractivity (Wildman–Crippen MR) is 140 cm³/mol. The number of hydrogen-bond donors (Lipinski definition) is 3. The monoisotopic (exact) mass is 509 g/mol. The summed E-state index contributed by atoms with van der Waals surface area (Å²) in [5, 5.41) is 6.69. The largest absolute Gasteiger partial charge is 0.337 e. The first kappa shape index (κ1) is 25.6. The molecule has 0 bridgehead atoms. The second-order valence-electron chi connectivity index (χ2n) is 9.20. The Morgan fingerprint density at radius 3 is 2.39 bits per heavy atom. The van der Waals surface area contributed by atoms with Crippen molar-refractivity contribution in [2.75, 3.05) is 37.8 Å². The third-order valence-electron chi connectivity index (χ3n) is 6.55. The number of aryl methyl sites for hydroxylation is 1. The Morgan fingerprint density at radius 1 is 1.03 bits per heavy atom. The van der Waals surface area contributed by atoms with Gasteiger partial charge in [-0.25, -0.2) is 13.2 Å². The van der Waals surface area contributed by atoms with Gasteiger partial charge in [0, 0.05) is 24.2 Å². The number of rotatable bonds is 7. The van der Waals surface area contributed by atoms with Crippen LogP contribution in [0.2, 0.25) is 0 Å². The minimum absolute atomic E-state index is 0.297. The fourth-order valence-electron chi connectivity index (χ4n) is 4.73. The molecular weight excluding hydrogens is 478 g/mol. The van der Waals surface area contributed by atoms with E-state index in [1.54, 1.807) is 0 Å². The highest BCUT2D eigenvalue weighted by Gasteiger charge is 2.43. The van der Waals surface area contributed by atoms with Crippen LogP contribution in [0.1, 0.15) is 24.1 Å². The molecule has 1 fully saturated rings. The maximum Gasteiger partial charge on any atom is 0.319 e. The number of fused-ring (bicyclic) bond motifs is 1. The quantitative estimate of drug-likeness (QED) is 0.451. The second-order valence-corrected chi connectivity index (χ2v) is 11.0. The van der Waals surface area contributed by atoms with Crippen molar-refractivity contribution < 1.29 is 18.0 Å². The number of benzene rings is 2. The molecule has 0 spiro atoms. The number of urea groups is 1. The van der Waals surface area contributed by atoms with E-state index in [9.17, 15) is 18.0 Å². The van der Waals surface area contributed by atoms with Gasteiger partial charge in [-0.3, -0.25) is 14.5 Å². The topological polar surface area (TPSA) is 120 Å². The fourth-order valence-corrected chi connectivity index (χ4v) is 5.27. The minimum Gasteiger partial charge on any atom is -0.337 e. The standard InChI is InChI=1S/C26H31N5O4S/c1-19-18-23(21-10-6-7-11-22(21)28-19)29-25(33)27-14-17-31-15-12-26(13-16-31,20-8-4-3-5-9-20)24(32)30-36(2,34)35/h3-11,18H,12-17H2,1-2H3,(H,30,32)(H2,27,28,29,33). The molecule has 0 radical (unpaired) electrons. The van der Waals surface area contributed by atoms with Crippen molar-refractivity contribution in [1.82, 2.24) is 19.9 Å². The zero-order valence-corrected chi connectivity index (χ0v) is 21.3. The molecule has 0 aliphatic carbocycles. The van der Waals surface area contributed by atoms with Crippen molar-refractivity contribution in [3.8, 4) is 0 Å². The van der Waals surface area contributed by atoms with Crippen LogP contribution in [0.5, 0.6) is 0 Å². The van der Waals surface area contributed by atoms with Crippen LogP contribution in [0.3, 0.4) is 0 Å². The van der Waals surface area contributed by atoms with Crippen molar-refractivity contribution in [2.45, 2.75) is 25.2 Å². The van der Waals surface area contributed by atoms with Crippen molar-refractivity contribution in [3.05, 3.63) is 71.9 Å². The molecule has 1 aromatic heterocycles. The first-order chi connectivity index (χ1) is 17.2. The number of para-hydroxylation sites is 1. The van der Waals surface area contributed by atoms with E-state index in [-0.39, 0.29) is 6.03 Å². The van der Waals surface area contributed by atoms with E-state index in [0.29, 0.717) is 44.7 Å². The molecule has 190 valence electrons. The lowest BCUT2D eigenvalue weighted by Crippen LogP contribution is -2.53. The van der Waals surface area contributed by atoms with Gasteiger partial charge >= 0.3 is 6.03 Å². The summed E-state index contributed by atoms with van der Waals surface area (Å²) >= 11 is 0. The lowest BCUT2D eigenvalue weighted by molar-refractivity contribution is -0.126. The molecule has 2 heterocycles. The van der Waals surface area contributed by atoms with Crippen molar-refractivity contribution in [1.29, 1.82) is 0 Å². The molecule has 0 atom stereocenters. The van der Waals surface area contributed by atoms with Gasteiger partial charge in [0.2, 0.25) is 15.9 Å². The van der Waals surface area contributed by atoms with E-state index in [4.69, 9.17) is 0 Å². The molecule has 1 aliphatic heterocycles. The van der Waals surface area contributed by atoms with Gasteiger partial charge in [-0.05, 0) is 50.6 Å². The van der Waals surface area contributed by atoms with E-state index in [2.05, 4.69) is 25.2 Å². The molecule has 10 heteroatoms. The number of hydrogen-bond acceptors (Lipinski definition) is 6. The Kier molecular flexibility index (Phi) is 7.56. The van der Waals surface area contributed by atoms with Crippen LogP contribution >= 0.6 is 0 Å². The Labute approximate surface area is 211 Å². The first-order valence-corrected chi connectivity index (χ1v) is 13.8. The minimum atomic E-state index is -3.67. The maximum atomic E-state index is 13.1. The summed E-state index contributed by atoms with van der Waals surface area (Å²) < 4.78 is 25.7. The second kappa shape index (κ2) is 10.6. The van der Waals surface area contributed by atoms with Gasteiger partial charge in [0.05, 0.1) is 22.9 Å². The van der Waals surface area contributed by atoms with Crippen LogP contribution in [-0.2, 0) is 20.2 Å². The molecule has 1 aliphatic rings. The van der Waals surface area contributed by atoms with Gasteiger partial charge in [0.1, 0.15) is 0 Å². The number of likely N-dealkylation sites (tertiary alicyclic amines) is 1. The SMILES string of the molecule is Cc1cc(NC(=O)NCCN2CCC(C(=O)NS(C)(=O)=O)(c3ccccc3)CC2)c2ccccc2n1. The number of nitrogens with zero attached hydrogens (tertiary/aromatic N) is 2. The number of sulfonamides is 1. The average molecular weight is 510 g/mol. The summed E-state index contributed by atoms with van der Waals surface area (Å²) in [6.45, 7) is 4.13. The van der Waals surface area contributed by atoms with Gasteiger partial charge in [0.25, 0.3) is 0 Å². The van der Waals surface area contributed by atoms with E-state index in [1.807, 2.05) is 67.6 Å². The Balaban J connectivity index is 1.34. The van der Waals surface area contributed by atoms with E-state index in [0.717, 1.165) is 28.4 Å². The molecule has 36 heavy (non-hydrogen) atoms. The number of piperidine rings is 1. The van der Waals surface area contributed by atoms with Crippen LogP contribution in [0.25, 0.3) is 10.9 Å². The molecule has 2 aromatic carbocycles. The highest BCUT2D eigenvalue weighted by Crippen LogP contribution is 2.36. The van der Waals surface area contributed by atoms with Crippen LogP contribution < -0.4 is 15.4 Å². The molecule has 1 saturated heterocycles. The van der Waals surface area contributed by atoms with Gasteiger partial charge in [-0.15, -0.1) is 0 Å². The Hall–Kier alpha value is -3.50. The zero-order valence-electron chi connectivity index (χ0n) is 20.5. The molecule has 0 saturated carbocycles. The summed E-state index contributed by atoms with van der Waals surface area (Å²) in [5.41, 5.74) is 2.25. The normalized spacial score (nSPS) is 15.8. The van der Waals surface area contributed by atoms with E-state index in [1.165, 1.54) is 0 Å². The maximum absolute atomic E-state index is 13.1. The predicted octanol–water partition coefficient (Wildman–Crippen LogP) is 2.77. The first-order valence-electron chi connectivity index (χ1n) is 11.9. The molecule has 3 amide bonds. The Morgan fingerprint density at radius 2 is 1.69 bits per heavy atom. The number of carbonyl (C=O) groups is 2. The number of amides is 3. The average Bonchev–Trinajstić information content (AvgIpc) is 2.84. The van der Waals surface area contributed by atoms with Crippen LogP contribution in [0, 0.1) is 6.92 Å². The lowest BCUT2D eigenvalue weighted by atomic mass is 9.72. The highest BCUT2D eigenvalue weighted by atomic mass is 32.2. The van der Waals surface area contributed by atoms with Gasteiger partial charge in [-0.1, -0.05) is 48.5 Å². The third kappa shape index (κ3) is 6.00. The summed E-state index contributed by atoms with van der Waals surface area (Å²) in [6, 6.07) is 18.5. The van der Waals surface area contributed by atoms with Gasteiger partial charge in [0.15, 0.2) is 0 Å². The summed E-state index contributed by atoms with van der Waals surface area (Å²) in [4.78, 5) is 32.3. The van der Waals surface area contributed by atoms with E-state index < -0.39 is 21.3 Å². The van der Waals surface area contributed by atoms with Gasteiger partial charge in [-0.2, -0.15) is 0 Å². The van der Waals surface area contributed by atoms with Crippen molar-refractivity contribution in [2.24, 2.45) is 0 Å². The molecule has 9 nitrogen and oxygen atoms in total. The number of nitrogens with one attached hydrogen (secondary N) is 3. The number of anilines is 1. The number of aromatic nitrogens is 1. The smallest absolute Gasteiger partial charge is 0.319 e. The fraction of sp³-hybridized carbons (Fsp3) is 0.346. The number of carbonyl (C=O) groups excluding carboxylic acids is 2. The highest BCUT2D eigenvalue weighted by molar-refractivity contribution is 7.89. The summed E-state index contributed by atoms with van der Waals surface area (Å²) in [5.74, 6) is -0.492.